The summed E-state index contributed by atoms with van der Waals surface area (Å²) in [7, 11) is 0. The van der Waals surface area contributed by atoms with Crippen LogP contribution >= 0.6 is 12.2 Å². The average Bonchev–Trinajstić information content (AvgIpc) is 2.52. The summed E-state index contributed by atoms with van der Waals surface area (Å²) in [5.41, 5.74) is 0.254. The first-order chi connectivity index (χ1) is 10.9. The molecule has 2 rings (SSSR count). The van der Waals surface area contributed by atoms with Gasteiger partial charge in [0.25, 0.3) is 17.5 Å². The Hall–Kier alpha value is -2.61. The first-order valence-corrected chi connectivity index (χ1v) is 7.45. The topological polar surface area (TPSA) is 83.8 Å². The van der Waals surface area contributed by atoms with Gasteiger partial charge in [-0.3, -0.25) is 29.5 Å². The van der Waals surface area contributed by atoms with Crippen LogP contribution in [-0.4, -0.2) is 44.7 Å². The van der Waals surface area contributed by atoms with Crippen molar-refractivity contribution in [2.45, 2.75) is 13.8 Å². The third kappa shape index (κ3) is 3.11. The maximum Gasteiger partial charge on any atom is 0.270 e. The van der Waals surface area contributed by atoms with Gasteiger partial charge in [-0.05, 0) is 37.7 Å². The summed E-state index contributed by atoms with van der Waals surface area (Å²) in [4.78, 5) is 37.9. The van der Waals surface area contributed by atoms with Gasteiger partial charge < -0.3 is 0 Å². The highest BCUT2D eigenvalue weighted by Crippen LogP contribution is 2.21. The average molecular weight is 333 g/mol. The SMILES string of the molecule is CCN1C(=O)C(=Cc2cccc([N+](=O)[O-])c2)C(=O)N(CC)C1=S. The summed E-state index contributed by atoms with van der Waals surface area (Å²) in [6.07, 6.45) is 1.37. The number of carbonyl (C=O) groups is 2. The number of hydrogen-bond donors (Lipinski definition) is 0. The van der Waals surface area contributed by atoms with E-state index in [1.54, 1.807) is 19.9 Å². The van der Waals surface area contributed by atoms with Crippen molar-refractivity contribution in [3.05, 3.63) is 45.5 Å². The normalized spacial score (nSPS) is 15.2. The Bertz CT molecular complexity index is 701. The fourth-order valence-electron chi connectivity index (χ4n) is 2.28. The maximum absolute atomic E-state index is 12.5. The van der Waals surface area contributed by atoms with Crippen LogP contribution in [0.25, 0.3) is 6.08 Å². The standard InChI is InChI=1S/C15H15N3O4S/c1-3-16-13(19)12(14(20)17(4-2)15(16)23)9-10-6-5-7-11(8-10)18(21)22/h5-9H,3-4H2,1-2H3. The van der Waals surface area contributed by atoms with Crippen molar-refractivity contribution in [2.75, 3.05) is 13.1 Å². The molecule has 0 aliphatic carbocycles. The van der Waals surface area contributed by atoms with Crippen LogP contribution in [0.3, 0.4) is 0 Å². The van der Waals surface area contributed by atoms with Crippen molar-refractivity contribution in [1.82, 2.24) is 9.80 Å². The Kier molecular flexibility index (Phi) is 4.85. The van der Waals surface area contributed by atoms with Gasteiger partial charge in [0.15, 0.2) is 5.11 Å². The number of carbonyl (C=O) groups excluding carboxylic acids is 2. The highest BCUT2D eigenvalue weighted by molar-refractivity contribution is 7.80. The number of nitro groups is 1. The van der Waals surface area contributed by atoms with Crippen molar-refractivity contribution in [1.29, 1.82) is 0 Å². The fourth-order valence-corrected chi connectivity index (χ4v) is 2.70. The Morgan fingerprint density at radius 2 is 1.74 bits per heavy atom. The quantitative estimate of drug-likeness (QED) is 0.276. The smallest absolute Gasteiger partial charge is 0.270 e. The van der Waals surface area contributed by atoms with Gasteiger partial charge in [-0.25, -0.2) is 0 Å². The van der Waals surface area contributed by atoms with Crippen molar-refractivity contribution in [3.63, 3.8) is 0 Å². The van der Waals surface area contributed by atoms with Crippen molar-refractivity contribution in [3.8, 4) is 0 Å². The van der Waals surface area contributed by atoms with E-state index < -0.39 is 16.7 Å². The van der Waals surface area contributed by atoms with E-state index in [9.17, 15) is 19.7 Å². The van der Waals surface area contributed by atoms with Crippen molar-refractivity contribution in [2.24, 2.45) is 0 Å². The first-order valence-electron chi connectivity index (χ1n) is 7.04. The molecule has 1 saturated heterocycles. The number of hydrogen-bond acceptors (Lipinski definition) is 5. The third-order valence-electron chi connectivity index (χ3n) is 3.44. The van der Waals surface area contributed by atoms with Gasteiger partial charge in [-0.2, -0.15) is 0 Å². The Morgan fingerprint density at radius 1 is 1.17 bits per heavy atom. The lowest BCUT2D eigenvalue weighted by Crippen LogP contribution is -2.55. The lowest BCUT2D eigenvalue weighted by atomic mass is 10.1. The molecule has 8 heteroatoms. The van der Waals surface area contributed by atoms with Gasteiger partial charge in [0.1, 0.15) is 5.57 Å². The molecule has 1 aromatic carbocycles. The molecule has 0 aromatic heterocycles. The van der Waals surface area contributed by atoms with Crippen LogP contribution in [0.4, 0.5) is 5.69 Å². The zero-order valence-corrected chi connectivity index (χ0v) is 13.5. The monoisotopic (exact) mass is 333 g/mol. The van der Waals surface area contributed by atoms with Gasteiger partial charge in [0, 0.05) is 25.2 Å². The molecule has 2 amide bonds. The zero-order valence-electron chi connectivity index (χ0n) is 12.7. The molecule has 1 aromatic rings. The number of likely N-dealkylation sites (N-methyl/N-ethyl adjacent to an activating group) is 2. The third-order valence-corrected chi connectivity index (χ3v) is 3.88. The van der Waals surface area contributed by atoms with Crippen LogP contribution in [0.15, 0.2) is 29.8 Å². The molecule has 0 radical (unpaired) electrons. The van der Waals surface area contributed by atoms with Gasteiger partial charge >= 0.3 is 0 Å². The van der Waals surface area contributed by atoms with Crippen LogP contribution < -0.4 is 0 Å². The van der Waals surface area contributed by atoms with Crippen LogP contribution in [0, 0.1) is 10.1 Å². The Morgan fingerprint density at radius 3 is 2.22 bits per heavy atom. The van der Waals surface area contributed by atoms with Crippen LogP contribution in [0.5, 0.6) is 0 Å². The molecular formula is C15H15N3O4S. The molecule has 120 valence electrons. The number of nitro benzene ring substituents is 1. The second-order valence-corrected chi connectivity index (χ2v) is 5.16. The van der Waals surface area contributed by atoms with E-state index in [4.69, 9.17) is 12.2 Å². The lowest BCUT2D eigenvalue weighted by molar-refractivity contribution is -0.384. The van der Waals surface area contributed by atoms with Crippen LogP contribution in [0.1, 0.15) is 19.4 Å². The maximum atomic E-state index is 12.5. The number of non-ortho nitro benzene ring substituents is 1. The number of rotatable bonds is 4. The van der Waals surface area contributed by atoms with Crippen molar-refractivity contribution < 1.29 is 14.5 Å². The number of nitrogens with zero attached hydrogens (tertiary/aromatic N) is 3. The Balaban J connectivity index is 2.49. The highest BCUT2D eigenvalue weighted by atomic mass is 32.1. The second-order valence-electron chi connectivity index (χ2n) is 4.79. The number of benzene rings is 1. The number of thiocarbonyl (C=S) groups is 1. The van der Waals surface area contributed by atoms with E-state index in [-0.39, 0.29) is 16.4 Å². The zero-order chi connectivity index (χ0) is 17.1. The van der Waals surface area contributed by atoms with Gasteiger partial charge in [-0.1, -0.05) is 12.1 Å². The molecule has 23 heavy (non-hydrogen) atoms. The van der Waals surface area contributed by atoms with E-state index in [1.807, 2.05) is 0 Å². The summed E-state index contributed by atoms with van der Waals surface area (Å²) >= 11 is 5.17. The molecule has 1 aliphatic rings. The van der Waals surface area contributed by atoms with E-state index >= 15 is 0 Å². The summed E-state index contributed by atoms with van der Waals surface area (Å²) in [5, 5.41) is 11.0. The summed E-state index contributed by atoms with van der Waals surface area (Å²) in [5.74, 6) is -0.975. The largest absolute Gasteiger partial charge is 0.285 e. The highest BCUT2D eigenvalue weighted by Gasteiger charge is 2.37. The second kappa shape index (κ2) is 6.66. The lowest BCUT2D eigenvalue weighted by Gasteiger charge is -2.35. The van der Waals surface area contributed by atoms with E-state index in [2.05, 4.69) is 0 Å². The minimum Gasteiger partial charge on any atom is -0.285 e. The predicted octanol–water partition coefficient (Wildman–Crippen LogP) is 1.97. The van der Waals surface area contributed by atoms with Gasteiger partial charge in [-0.15, -0.1) is 0 Å². The molecule has 1 fully saturated rings. The molecule has 1 heterocycles. The predicted molar refractivity (Wildman–Crippen MR) is 88.4 cm³/mol. The molecule has 0 unspecified atom stereocenters. The molecular weight excluding hydrogens is 318 g/mol. The Labute approximate surface area is 138 Å². The minimum atomic E-state index is -0.529. The molecule has 0 N–H and O–H groups in total. The molecule has 0 spiro atoms. The molecule has 1 aliphatic heterocycles. The van der Waals surface area contributed by atoms with E-state index in [1.165, 1.54) is 34.1 Å². The fraction of sp³-hybridized carbons (Fsp3) is 0.267. The first kappa shape index (κ1) is 16.8. The van der Waals surface area contributed by atoms with Crippen LogP contribution in [0.2, 0.25) is 0 Å². The van der Waals surface area contributed by atoms with Gasteiger partial charge in [0.2, 0.25) is 0 Å². The molecule has 7 nitrogen and oxygen atoms in total. The molecule has 0 saturated carbocycles. The van der Waals surface area contributed by atoms with E-state index in [0.717, 1.165) is 0 Å². The van der Waals surface area contributed by atoms with Gasteiger partial charge in [0.05, 0.1) is 4.92 Å². The van der Waals surface area contributed by atoms with Crippen molar-refractivity contribution >= 4 is 40.9 Å². The summed E-state index contributed by atoms with van der Waals surface area (Å²) < 4.78 is 0. The summed E-state index contributed by atoms with van der Waals surface area (Å²) in [6, 6.07) is 5.76. The number of amides is 2. The van der Waals surface area contributed by atoms with E-state index in [0.29, 0.717) is 18.7 Å². The minimum absolute atomic E-state index is 0.0530. The summed E-state index contributed by atoms with van der Waals surface area (Å²) in [6.45, 7) is 4.21. The molecule has 0 atom stereocenters. The molecule has 0 bridgehead atoms. The van der Waals surface area contributed by atoms with Crippen LogP contribution in [-0.2, 0) is 9.59 Å².